The van der Waals surface area contributed by atoms with Gasteiger partial charge in [0.1, 0.15) is 5.60 Å². The van der Waals surface area contributed by atoms with Crippen molar-refractivity contribution < 1.29 is 29.1 Å². The Labute approximate surface area is 100 Å². The summed E-state index contributed by atoms with van der Waals surface area (Å²) in [5, 5.41) is 4.33. The molecule has 0 saturated heterocycles. The van der Waals surface area contributed by atoms with Crippen LogP contribution in [0.4, 0.5) is 0 Å². The van der Waals surface area contributed by atoms with Gasteiger partial charge in [0, 0.05) is 12.2 Å². The second kappa shape index (κ2) is 7.03. The molecule has 0 fully saturated rings. The molecule has 0 rings (SSSR count). The Bertz CT molecular complexity index is 292. The van der Waals surface area contributed by atoms with Gasteiger partial charge in [-0.25, -0.2) is 9.59 Å². The van der Waals surface area contributed by atoms with E-state index in [1.165, 1.54) is 7.11 Å². The van der Waals surface area contributed by atoms with Crippen molar-refractivity contribution in [3.8, 4) is 0 Å². The van der Waals surface area contributed by atoms with Crippen LogP contribution in [0, 0.1) is 5.92 Å². The van der Waals surface area contributed by atoms with Crippen molar-refractivity contribution in [3.63, 3.8) is 0 Å². The summed E-state index contributed by atoms with van der Waals surface area (Å²) < 4.78 is 4.29. The van der Waals surface area contributed by atoms with Crippen LogP contribution in [0.2, 0.25) is 0 Å². The molecule has 0 saturated carbocycles. The molecule has 0 aliphatic heterocycles. The van der Waals surface area contributed by atoms with Crippen molar-refractivity contribution in [3.05, 3.63) is 12.2 Å². The molecule has 0 aliphatic carbocycles. The number of esters is 1. The first-order valence-electron chi connectivity index (χ1n) is 5.12. The van der Waals surface area contributed by atoms with Crippen molar-refractivity contribution in [1.82, 2.24) is 0 Å². The Morgan fingerprint density at radius 1 is 1.12 bits per heavy atom. The van der Waals surface area contributed by atoms with E-state index < -0.39 is 17.5 Å². The molecule has 0 bridgehead atoms. The highest BCUT2D eigenvalue weighted by Crippen LogP contribution is 2.20. The summed E-state index contributed by atoms with van der Waals surface area (Å²) in [6.45, 7) is 7.44. The molecule has 0 aromatic heterocycles. The summed E-state index contributed by atoms with van der Waals surface area (Å²) in [6.07, 6.45) is 1.79. The van der Waals surface area contributed by atoms with Gasteiger partial charge in [-0.2, -0.15) is 4.89 Å². The van der Waals surface area contributed by atoms with Gasteiger partial charge < -0.3 is 4.74 Å². The van der Waals surface area contributed by atoms with E-state index in [-0.39, 0.29) is 5.92 Å². The van der Waals surface area contributed by atoms with E-state index >= 15 is 0 Å². The average molecular weight is 246 g/mol. The van der Waals surface area contributed by atoms with Crippen LogP contribution in [0.1, 0.15) is 27.7 Å². The Morgan fingerprint density at radius 3 is 2.12 bits per heavy atom. The van der Waals surface area contributed by atoms with Gasteiger partial charge in [-0.1, -0.05) is 13.8 Å². The summed E-state index contributed by atoms with van der Waals surface area (Å²) in [6, 6.07) is 0. The Morgan fingerprint density at radius 2 is 1.65 bits per heavy atom. The van der Waals surface area contributed by atoms with Crippen molar-refractivity contribution in [2.45, 2.75) is 33.3 Å². The molecule has 0 aliphatic rings. The van der Waals surface area contributed by atoms with Gasteiger partial charge in [0.15, 0.2) is 0 Å². The number of carbonyl (C=O) groups excluding carboxylic acids is 2. The first kappa shape index (κ1) is 15.6. The lowest BCUT2D eigenvalue weighted by molar-refractivity contribution is -0.519. The maximum absolute atomic E-state index is 11.0. The van der Waals surface area contributed by atoms with E-state index in [4.69, 9.17) is 4.89 Å². The molecule has 0 N–H and O–H groups in total. The van der Waals surface area contributed by atoms with Crippen LogP contribution in [-0.4, -0.2) is 24.6 Å². The number of hydrogen-bond acceptors (Lipinski definition) is 6. The third kappa shape index (κ3) is 6.70. The van der Waals surface area contributed by atoms with Crippen LogP contribution in [0.5, 0.6) is 0 Å². The van der Waals surface area contributed by atoms with Crippen molar-refractivity contribution in [1.29, 1.82) is 0 Å². The molecule has 0 aromatic carbocycles. The zero-order valence-corrected chi connectivity index (χ0v) is 10.7. The third-order valence-electron chi connectivity index (χ3n) is 2.31. The topological polar surface area (TPSA) is 71.1 Å². The van der Waals surface area contributed by atoms with E-state index in [0.717, 1.165) is 12.2 Å². The van der Waals surface area contributed by atoms with E-state index in [9.17, 15) is 9.59 Å². The largest absolute Gasteiger partial charge is 0.466 e. The minimum absolute atomic E-state index is 0.173. The molecule has 0 spiro atoms. The standard InChI is InChI=1S/C11H18O6/c1-8(2)11(3,4)16-17-15-10(13)7-6-9(12)14-5/h6-8H,1-5H3. The van der Waals surface area contributed by atoms with Crippen LogP contribution >= 0.6 is 0 Å². The fourth-order valence-corrected chi connectivity index (χ4v) is 0.466. The zero-order chi connectivity index (χ0) is 13.5. The number of rotatable bonds is 6. The second-order valence-corrected chi connectivity index (χ2v) is 4.17. The lowest BCUT2D eigenvalue weighted by atomic mass is 9.95. The Balaban J connectivity index is 3.94. The molecule has 6 nitrogen and oxygen atoms in total. The zero-order valence-electron chi connectivity index (χ0n) is 10.7. The maximum Gasteiger partial charge on any atom is 0.369 e. The molecular weight excluding hydrogens is 228 g/mol. The third-order valence-corrected chi connectivity index (χ3v) is 2.31. The van der Waals surface area contributed by atoms with E-state index in [2.05, 4.69) is 14.7 Å². The lowest BCUT2D eigenvalue weighted by Gasteiger charge is -2.25. The van der Waals surface area contributed by atoms with E-state index in [1.54, 1.807) is 13.8 Å². The van der Waals surface area contributed by atoms with Gasteiger partial charge >= 0.3 is 11.9 Å². The molecule has 0 amide bonds. The van der Waals surface area contributed by atoms with Gasteiger partial charge in [-0.3, -0.25) is 4.89 Å². The first-order valence-corrected chi connectivity index (χ1v) is 5.12. The van der Waals surface area contributed by atoms with Crippen molar-refractivity contribution >= 4 is 11.9 Å². The van der Waals surface area contributed by atoms with Gasteiger partial charge in [0.05, 0.1) is 7.11 Å². The summed E-state index contributed by atoms with van der Waals surface area (Å²) in [7, 11) is 1.20. The minimum Gasteiger partial charge on any atom is -0.466 e. The number of methoxy groups -OCH3 is 1. The SMILES string of the molecule is COC(=O)C=CC(=O)OOOC(C)(C)C(C)C. The number of ether oxygens (including phenoxy) is 1. The highest BCUT2D eigenvalue weighted by molar-refractivity contribution is 5.91. The van der Waals surface area contributed by atoms with Gasteiger partial charge in [-0.05, 0) is 24.8 Å². The van der Waals surface area contributed by atoms with E-state index in [0.29, 0.717) is 0 Å². The average Bonchev–Trinajstić information content (AvgIpc) is 2.25. The molecule has 0 atom stereocenters. The quantitative estimate of drug-likeness (QED) is 0.306. The fraction of sp³-hybridized carbons (Fsp3) is 0.636. The van der Waals surface area contributed by atoms with Gasteiger partial charge in [0.25, 0.3) is 0 Å². The molecule has 0 heterocycles. The van der Waals surface area contributed by atoms with Crippen molar-refractivity contribution in [2.24, 2.45) is 5.92 Å². The molecule has 17 heavy (non-hydrogen) atoms. The van der Waals surface area contributed by atoms with Crippen molar-refractivity contribution in [2.75, 3.05) is 7.11 Å². The highest BCUT2D eigenvalue weighted by atomic mass is 17.5. The number of hydrogen-bond donors (Lipinski definition) is 0. The molecule has 0 unspecified atom stereocenters. The maximum atomic E-state index is 11.0. The smallest absolute Gasteiger partial charge is 0.369 e. The molecule has 6 heteroatoms. The lowest BCUT2D eigenvalue weighted by Crippen LogP contribution is -2.31. The molecule has 98 valence electrons. The molecular formula is C11H18O6. The van der Waals surface area contributed by atoms with Crippen LogP contribution in [0.3, 0.4) is 0 Å². The number of carbonyl (C=O) groups is 2. The molecule has 0 aromatic rings. The van der Waals surface area contributed by atoms with Crippen LogP contribution in [0.15, 0.2) is 12.2 Å². The van der Waals surface area contributed by atoms with Crippen LogP contribution in [-0.2, 0) is 29.1 Å². The summed E-state index contributed by atoms with van der Waals surface area (Å²) in [5.74, 6) is -1.35. The van der Waals surface area contributed by atoms with Crippen LogP contribution < -0.4 is 0 Å². The fourth-order valence-electron chi connectivity index (χ4n) is 0.466. The monoisotopic (exact) mass is 246 g/mol. The van der Waals surface area contributed by atoms with Gasteiger partial charge in [0.2, 0.25) is 0 Å². The van der Waals surface area contributed by atoms with Crippen LogP contribution in [0.25, 0.3) is 0 Å². The Kier molecular flexibility index (Phi) is 6.45. The highest BCUT2D eigenvalue weighted by Gasteiger charge is 2.25. The van der Waals surface area contributed by atoms with E-state index in [1.807, 2.05) is 13.8 Å². The predicted octanol–water partition coefficient (Wildman–Crippen LogP) is 1.56. The summed E-state index contributed by atoms with van der Waals surface area (Å²) >= 11 is 0. The minimum atomic E-state index is -0.866. The Hall–Kier alpha value is -1.40. The second-order valence-electron chi connectivity index (χ2n) is 4.17. The van der Waals surface area contributed by atoms with Gasteiger partial charge in [-0.15, -0.1) is 0 Å². The first-order chi connectivity index (χ1) is 7.79. The predicted molar refractivity (Wildman–Crippen MR) is 58.3 cm³/mol. The summed E-state index contributed by atoms with van der Waals surface area (Å²) in [5.41, 5.74) is -0.591. The molecule has 0 radical (unpaired) electrons. The normalized spacial score (nSPS) is 11.9. The summed E-state index contributed by atoms with van der Waals surface area (Å²) in [4.78, 5) is 30.8.